The van der Waals surface area contributed by atoms with Crippen LogP contribution in [0, 0.1) is 13.8 Å². The lowest BCUT2D eigenvalue weighted by Gasteiger charge is -2.35. The summed E-state index contributed by atoms with van der Waals surface area (Å²) in [6.07, 6.45) is 0.230. The van der Waals surface area contributed by atoms with Crippen molar-refractivity contribution in [2.24, 2.45) is 0 Å². The number of sulfonamides is 1. The number of aryl methyl sites for hydroxylation is 2. The van der Waals surface area contributed by atoms with Crippen LogP contribution in [0.4, 0.5) is 5.69 Å². The minimum Gasteiger partial charge on any atom is -0.497 e. The third kappa shape index (κ3) is 8.97. The Balaban J connectivity index is 1.82. The van der Waals surface area contributed by atoms with Crippen LogP contribution >= 0.6 is 0 Å². The van der Waals surface area contributed by atoms with E-state index in [-0.39, 0.29) is 23.8 Å². The molecule has 4 rings (SSSR count). The number of anilines is 1. The summed E-state index contributed by atoms with van der Waals surface area (Å²) in [4.78, 5) is 30.1. The maximum atomic E-state index is 14.6. The number of carbonyl (C=O) groups excluding carboxylic acids is 2. The Morgan fingerprint density at radius 2 is 1.39 bits per heavy atom. The van der Waals surface area contributed by atoms with Gasteiger partial charge in [-0.15, -0.1) is 0 Å². The smallest absolute Gasteiger partial charge is 0.264 e. The van der Waals surface area contributed by atoms with Crippen molar-refractivity contribution < 1.29 is 22.7 Å². The molecule has 9 heteroatoms. The summed E-state index contributed by atoms with van der Waals surface area (Å²) in [5.74, 6) is -0.258. The van der Waals surface area contributed by atoms with Crippen LogP contribution < -0.4 is 14.4 Å². The molecule has 0 aromatic heterocycles. The van der Waals surface area contributed by atoms with Crippen molar-refractivity contribution in [3.63, 3.8) is 0 Å². The van der Waals surface area contributed by atoms with Crippen LogP contribution in [-0.2, 0) is 32.6 Å². The van der Waals surface area contributed by atoms with Gasteiger partial charge in [0.2, 0.25) is 11.8 Å². The average Bonchev–Trinajstić information content (AvgIpc) is 3.02. The van der Waals surface area contributed by atoms with E-state index in [1.807, 2.05) is 83.1 Å². The van der Waals surface area contributed by atoms with Gasteiger partial charge in [0, 0.05) is 18.5 Å². The second-order valence-corrected chi connectivity index (χ2v) is 14.3. The summed E-state index contributed by atoms with van der Waals surface area (Å²) in [5, 5.41) is 3.05. The molecule has 0 heterocycles. The van der Waals surface area contributed by atoms with E-state index in [0.717, 1.165) is 26.6 Å². The summed E-state index contributed by atoms with van der Waals surface area (Å²) in [5.41, 5.74) is 3.23. The normalized spacial score (nSPS) is 12.2. The molecule has 0 saturated carbocycles. The molecule has 0 saturated heterocycles. The molecule has 0 bridgehead atoms. The SMILES string of the molecule is COc1cccc(CN(C(=O)CN(c2ccc(C)cc2)S(=O)(=O)c2ccc(C)cc2)C(Cc2ccccc2)C(=O)NC(C)(C)C)c1. The van der Waals surface area contributed by atoms with Gasteiger partial charge in [0.05, 0.1) is 17.7 Å². The highest BCUT2D eigenvalue weighted by Gasteiger charge is 2.35. The molecular weight excluding hydrogens is 598 g/mol. The molecule has 1 atom stereocenters. The van der Waals surface area contributed by atoms with Gasteiger partial charge in [-0.25, -0.2) is 8.42 Å². The topological polar surface area (TPSA) is 96.0 Å². The van der Waals surface area contributed by atoms with Gasteiger partial charge in [-0.3, -0.25) is 13.9 Å². The number of rotatable bonds is 12. The van der Waals surface area contributed by atoms with Crippen LogP contribution in [0.1, 0.15) is 43.0 Å². The molecule has 242 valence electrons. The van der Waals surface area contributed by atoms with Crippen LogP contribution in [0.2, 0.25) is 0 Å². The zero-order valence-corrected chi connectivity index (χ0v) is 28.2. The number of benzene rings is 4. The molecule has 4 aromatic rings. The van der Waals surface area contributed by atoms with Gasteiger partial charge in [0.25, 0.3) is 10.0 Å². The number of carbonyl (C=O) groups is 2. The molecular formula is C37H43N3O5S. The number of methoxy groups -OCH3 is 1. The molecule has 2 amide bonds. The van der Waals surface area contributed by atoms with Crippen LogP contribution in [0.15, 0.2) is 108 Å². The second-order valence-electron chi connectivity index (χ2n) is 12.5. The zero-order chi connectivity index (χ0) is 33.5. The first-order valence-corrected chi connectivity index (χ1v) is 16.7. The van der Waals surface area contributed by atoms with Crippen LogP contribution in [0.3, 0.4) is 0 Å². The predicted molar refractivity (Wildman–Crippen MR) is 182 cm³/mol. The summed E-state index contributed by atoms with van der Waals surface area (Å²) in [6.45, 7) is 8.97. The quantitative estimate of drug-likeness (QED) is 0.203. The van der Waals surface area contributed by atoms with E-state index < -0.39 is 34.1 Å². The Morgan fingerprint density at radius 1 is 0.804 bits per heavy atom. The van der Waals surface area contributed by atoms with Gasteiger partial charge in [-0.1, -0.05) is 77.9 Å². The molecule has 46 heavy (non-hydrogen) atoms. The maximum Gasteiger partial charge on any atom is 0.264 e. The van der Waals surface area contributed by atoms with Crippen molar-refractivity contribution in [3.05, 3.63) is 125 Å². The van der Waals surface area contributed by atoms with E-state index in [9.17, 15) is 18.0 Å². The first-order valence-electron chi connectivity index (χ1n) is 15.2. The molecule has 1 unspecified atom stereocenters. The van der Waals surface area contributed by atoms with Gasteiger partial charge in [-0.05, 0) is 82.1 Å². The van der Waals surface area contributed by atoms with Crippen molar-refractivity contribution in [3.8, 4) is 5.75 Å². The lowest BCUT2D eigenvalue weighted by atomic mass is 10.0. The Hall–Kier alpha value is -4.63. The number of ether oxygens (including phenoxy) is 1. The fraction of sp³-hybridized carbons (Fsp3) is 0.297. The second kappa shape index (κ2) is 14.6. The van der Waals surface area contributed by atoms with E-state index in [4.69, 9.17) is 4.74 Å². The van der Waals surface area contributed by atoms with Gasteiger partial charge in [0.15, 0.2) is 0 Å². The molecule has 0 fully saturated rings. The first-order chi connectivity index (χ1) is 21.8. The zero-order valence-electron chi connectivity index (χ0n) is 27.4. The molecule has 8 nitrogen and oxygen atoms in total. The highest BCUT2D eigenvalue weighted by atomic mass is 32.2. The van der Waals surface area contributed by atoms with Crippen molar-refractivity contribution >= 4 is 27.5 Å². The molecule has 4 aromatic carbocycles. The number of hydrogen-bond acceptors (Lipinski definition) is 5. The minimum absolute atomic E-state index is 0.0530. The Labute approximate surface area is 273 Å². The lowest BCUT2D eigenvalue weighted by molar-refractivity contribution is -0.140. The van der Waals surface area contributed by atoms with Crippen molar-refractivity contribution in [2.75, 3.05) is 18.0 Å². The Kier molecular flexibility index (Phi) is 10.9. The van der Waals surface area contributed by atoms with Gasteiger partial charge in [0.1, 0.15) is 18.3 Å². The van der Waals surface area contributed by atoms with Crippen molar-refractivity contribution in [2.45, 2.75) is 64.1 Å². The van der Waals surface area contributed by atoms with E-state index in [1.165, 1.54) is 4.90 Å². The monoisotopic (exact) mass is 641 g/mol. The lowest BCUT2D eigenvalue weighted by Crippen LogP contribution is -2.56. The molecule has 0 aliphatic rings. The van der Waals surface area contributed by atoms with Crippen molar-refractivity contribution in [1.82, 2.24) is 10.2 Å². The average molecular weight is 642 g/mol. The minimum atomic E-state index is -4.16. The largest absolute Gasteiger partial charge is 0.497 e. The van der Waals surface area contributed by atoms with Crippen molar-refractivity contribution in [1.29, 1.82) is 0 Å². The first kappa shape index (κ1) is 34.2. The summed E-state index contributed by atoms with van der Waals surface area (Å²) < 4.78 is 34.9. The summed E-state index contributed by atoms with van der Waals surface area (Å²) >= 11 is 0. The van der Waals surface area contributed by atoms with Gasteiger partial charge >= 0.3 is 0 Å². The third-order valence-corrected chi connectivity index (χ3v) is 9.25. The maximum absolute atomic E-state index is 14.6. The van der Waals surface area contributed by atoms with E-state index in [2.05, 4.69) is 5.32 Å². The van der Waals surface area contributed by atoms with Crippen LogP contribution in [0.5, 0.6) is 5.75 Å². The highest BCUT2D eigenvalue weighted by molar-refractivity contribution is 7.92. The molecule has 1 N–H and O–H groups in total. The van der Waals surface area contributed by atoms with E-state index in [1.54, 1.807) is 61.7 Å². The molecule has 0 aliphatic carbocycles. The third-order valence-electron chi connectivity index (χ3n) is 7.47. The number of amides is 2. The molecule has 0 radical (unpaired) electrons. The van der Waals surface area contributed by atoms with E-state index in [0.29, 0.717) is 11.4 Å². The molecule has 0 spiro atoms. The fourth-order valence-corrected chi connectivity index (χ4v) is 6.47. The summed E-state index contributed by atoms with van der Waals surface area (Å²) in [6, 6.07) is 29.3. The summed E-state index contributed by atoms with van der Waals surface area (Å²) in [7, 11) is -2.60. The molecule has 0 aliphatic heterocycles. The predicted octanol–water partition coefficient (Wildman–Crippen LogP) is 6.06. The Morgan fingerprint density at radius 3 is 1.98 bits per heavy atom. The number of hydrogen-bond donors (Lipinski definition) is 1. The highest BCUT2D eigenvalue weighted by Crippen LogP contribution is 2.26. The fourth-order valence-electron chi connectivity index (χ4n) is 5.05. The standard InChI is InChI=1S/C37H43N3O5S/c1-27-15-19-31(20-16-27)40(46(43,44)33-21-17-28(2)18-22-33)26-35(41)39(25-30-13-10-14-32(23-30)45-6)34(36(42)38-37(3,4)5)24-29-11-8-7-9-12-29/h7-23,34H,24-26H2,1-6H3,(H,38,42). The van der Waals surface area contributed by atoms with Crippen LogP contribution in [0.25, 0.3) is 0 Å². The van der Waals surface area contributed by atoms with Gasteiger partial charge in [-0.2, -0.15) is 0 Å². The van der Waals surface area contributed by atoms with E-state index >= 15 is 0 Å². The van der Waals surface area contributed by atoms with Gasteiger partial charge < -0.3 is 15.0 Å². The number of nitrogens with zero attached hydrogens (tertiary/aromatic N) is 2. The Bertz CT molecular complexity index is 1730. The van der Waals surface area contributed by atoms with Crippen LogP contribution in [-0.4, -0.2) is 50.4 Å². The number of nitrogens with one attached hydrogen (secondary N) is 1.